The summed E-state index contributed by atoms with van der Waals surface area (Å²) in [4.78, 5) is 39.9. The molecule has 8 heteroatoms. The minimum atomic E-state index is -0.707. The minimum Gasteiger partial charge on any atom is -0.460 e. The number of carbonyl (C=O) groups excluding carboxylic acids is 3. The predicted molar refractivity (Wildman–Crippen MR) is 129 cm³/mol. The molecule has 2 N–H and O–H groups in total. The fourth-order valence-corrected chi connectivity index (χ4v) is 3.87. The van der Waals surface area contributed by atoms with Crippen LogP contribution >= 0.6 is 0 Å². The molecule has 2 aromatic rings. The summed E-state index contributed by atoms with van der Waals surface area (Å²) < 4.78 is 10.4. The first-order valence-electron chi connectivity index (χ1n) is 11.3. The van der Waals surface area contributed by atoms with Gasteiger partial charge in [0.1, 0.15) is 6.61 Å². The van der Waals surface area contributed by atoms with Crippen molar-refractivity contribution in [2.24, 2.45) is 0 Å². The van der Waals surface area contributed by atoms with Crippen LogP contribution in [0.3, 0.4) is 0 Å². The van der Waals surface area contributed by atoms with Crippen LogP contribution in [-0.2, 0) is 25.5 Å². The number of urea groups is 1. The SMILES string of the molecule is CCCN1C(=O)NC(c2cccc(NC(=O)Cc3ccccc3)c2)C(C(=O)OCCOC)=C1C. The fourth-order valence-electron chi connectivity index (χ4n) is 3.87. The first-order chi connectivity index (χ1) is 16.4. The second kappa shape index (κ2) is 12.0. The first-order valence-corrected chi connectivity index (χ1v) is 11.3. The average Bonchev–Trinajstić information content (AvgIpc) is 2.82. The zero-order valence-corrected chi connectivity index (χ0v) is 19.8. The molecule has 34 heavy (non-hydrogen) atoms. The van der Waals surface area contributed by atoms with Gasteiger partial charge in [0.05, 0.1) is 24.6 Å². The van der Waals surface area contributed by atoms with Gasteiger partial charge in [0, 0.05) is 25.0 Å². The molecule has 0 saturated heterocycles. The third-order valence-electron chi connectivity index (χ3n) is 5.50. The molecule has 1 atom stereocenters. The van der Waals surface area contributed by atoms with Gasteiger partial charge in [0.2, 0.25) is 5.91 Å². The Hall–Kier alpha value is -3.65. The quantitative estimate of drug-likeness (QED) is 0.411. The lowest BCUT2D eigenvalue weighted by Crippen LogP contribution is -2.48. The number of methoxy groups -OCH3 is 1. The number of rotatable bonds is 10. The van der Waals surface area contributed by atoms with E-state index < -0.39 is 12.0 Å². The summed E-state index contributed by atoms with van der Waals surface area (Å²) in [6.07, 6.45) is 0.984. The topological polar surface area (TPSA) is 97.0 Å². The molecule has 1 unspecified atom stereocenters. The molecule has 0 aliphatic carbocycles. The summed E-state index contributed by atoms with van der Waals surface area (Å²) in [5, 5.41) is 5.82. The Kier molecular flexibility index (Phi) is 8.81. The third-order valence-corrected chi connectivity index (χ3v) is 5.50. The Morgan fingerprint density at radius 1 is 1.09 bits per heavy atom. The summed E-state index contributed by atoms with van der Waals surface area (Å²) in [6, 6.07) is 15.6. The minimum absolute atomic E-state index is 0.107. The van der Waals surface area contributed by atoms with Crippen molar-refractivity contribution in [2.75, 3.05) is 32.2 Å². The highest BCUT2D eigenvalue weighted by molar-refractivity contribution is 5.95. The Balaban J connectivity index is 1.86. The second-order valence-electron chi connectivity index (χ2n) is 8.00. The summed E-state index contributed by atoms with van der Waals surface area (Å²) in [5.41, 5.74) is 3.06. The first kappa shape index (κ1) is 25.0. The standard InChI is InChI=1S/C26H31N3O5/c1-4-13-29-18(2)23(25(31)34-15-14-33-3)24(28-26(29)32)20-11-8-12-21(17-20)27-22(30)16-19-9-6-5-7-10-19/h5-12,17,24H,4,13-16H2,1-3H3,(H,27,30)(H,28,32). The Labute approximate surface area is 199 Å². The van der Waals surface area contributed by atoms with Crippen LogP contribution in [0.15, 0.2) is 65.9 Å². The van der Waals surface area contributed by atoms with Crippen molar-refractivity contribution in [3.05, 3.63) is 77.0 Å². The number of nitrogens with zero attached hydrogens (tertiary/aromatic N) is 1. The summed E-state index contributed by atoms with van der Waals surface area (Å²) in [5.74, 6) is -0.671. The molecular formula is C26H31N3O5. The van der Waals surface area contributed by atoms with Crippen LogP contribution in [0.1, 0.15) is 37.4 Å². The maximum Gasteiger partial charge on any atom is 0.338 e. The summed E-state index contributed by atoms with van der Waals surface area (Å²) >= 11 is 0. The number of hydrogen-bond donors (Lipinski definition) is 2. The van der Waals surface area contributed by atoms with Gasteiger partial charge in [-0.05, 0) is 36.6 Å². The molecule has 180 valence electrons. The average molecular weight is 466 g/mol. The van der Waals surface area contributed by atoms with Gasteiger partial charge in [-0.3, -0.25) is 9.69 Å². The molecule has 8 nitrogen and oxygen atoms in total. The lowest BCUT2D eigenvalue weighted by atomic mass is 9.94. The number of hydrogen-bond acceptors (Lipinski definition) is 5. The van der Waals surface area contributed by atoms with Gasteiger partial charge in [0.25, 0.3) is 0 Å². The number of ether oxygens (including phenoxy) is 2. The van der Waals surface area contributed by atoms with Crippen molar-refractivity contribution in [1.82, 2.24) is 10.2 Å². The zero-order valence-electron chi connectivity index (χ0n) is 19.8. The fraction of sp³-hybridized carbons (Fsp3) is 0.346. The van der Waals surface area contributed by atoms with E-state index in [9.17, 15) is 14.4 Å². The zero-order chi connectivity index (χ0) is 24.5. The van der Waals surface area contributed by atoms with Crippen molar-refractivity contribution < 1.29 is 23.9 Å². The van der Waals surface area contributed by atoms with E-state index >= 15 is 0 Å². The molecule has 0 fully saturated rings. The molecule has 1 aliphatic rings. The van der Waals surface area contributed by atoms with E-state index in [4.69, 9.17) is 9.47 Å². The van der Waals surface area contributed by atoms with Gasteiger partial charge < -0.3 is 20.1 Å². The number of benzene rings is 2. The van der Waals surface area contributed by atoms with E-state index in [1.807, 2.05) is 43.3 Å². The van der Waals surface area contributed by atoms with E-state index in [-0.39, 0.29) is 31.6 Å². The Morgan fingerprint density at radius 2 is 1.85 bits per heavy atom. The van der Waals surface area contributed by atoms with Crippen LogP contribution < -0.4 is 10.6 Å². The molecule has 0 spiro atoms. The highest BCUT2D eigenvalue weighted by atomic mass is 16.6. The molecule has 0 saturated carbocycles. The van der Waals surface area contributed by atoms with Crippen LogP contribution in [0.25, 0.3) is 0 Å². The maximum atomic E-state index is 13.0. The van der Waals surface area contributed by atoms with Gasteiger partial charge >= 0.3 is 12.0 Å². The molecule has 1 heterocycles. The van der Waals surface area contributed by atoms with E-state index in [0.717, 1.165) is 12.0 Å². The Bertz CT molecular complexity index is 1050. The lowest BCUT2D eigenvalue weighted by molar-refractivity contribution is -0.141. The van der Waals surface area contributed by atoms with Crippen molar-refractivity contribution >= 4 is 23.6 Å². The maximum absolute atomic E-state index is 13.0. The van der Waals surface area contributed by atoms with Gasteiger partial charge in [-0.1, -0.05) is 49.4 Å². The number of nitrogens with one attached hydrogen (secondary N) is 2. The highest BCUT2D eigenvalue weighted by Crippen LogP contribution is 2.32. The van der Waals surface area contributed by atoms with Crippen LogP contribution in [-0.4, -0.2) is 49.7 Å². The molecule has 2 aromatic carbocycles. The van der Waals surface area contributed by atoms with Crippen LogP contribution in [0.5, 0.6) is 0 Å². The molecule has 0 radical (unpaired) electrons. The summed E-state index contributed by atoms with van der Waals surface area (Å²) in [6.45, 7) is 4.58. The van der Waals surface area contributed by atoms with Crippen molar-refractivity contribution in [3.8, 4) is 0 Å². The van der Waals surface area contributed by atoms with E-state index in [2.05, 4.69) is 10.6 Å². The smallest absolute Gasteiger partial charge is 0.338 e. The van der Waals surface area contributed by atoms with Crippen LogP contribution in [0.4, 0.5) is 10.5 Å². The van der Waals surface area contributed by atoms with Crippen LogP contribution in [0.2, 0.25) is 0 Å². The van der Waals surface area contributed by atoms with Crippen molar-refractivity contribution in [1.29, 1.82) is 0 Å². The molecule has 1 aliphatic heterocycles. The second-order valence-corrected chi connectivity index (χ2v) is 8.00. The van der Waals surface area contributed by atoms with Gasteiger partial charge in [-0.2, -0.15) is 0 Å². The molecule has 3 amide bonds. The number of allylic oxidation sites excluding steroid dienone is 1. The summed E-state index contributed by atoms with van der Waals surface area (Å²) in [7, 11) is 1.53. The number of esters is 1. The van der Waals surface area contributed by atoms with Crippen molar-refractivity contribution in [3.63, 3.8) is 0 Å². The van der Waals surface area contributed by atoms with E-state index in [0.29, 0.717) is 29.1 Å². The van der Waals surface area contributed by atoms with Gasteiger partial charge in [-0.25, -0.2) is 9.59 Å². The number of carbonyl (C=O) groups is 3. The van der Waals surface area contributed by atoms with E-state index in [1.54, 1.807) is 30.0 Å². The Morgan fingerprint density at radius 3 is 2.56 bits per heavy atom. The molecule has 0 aromatic heterocycles. The third kappa shape index (κ3) is 6.23. The van der Waals surface area contributed by atoms with Crippen molar-refractivity contribution in [2.45, 2.75) is 32.7 Å². The van der Waals surface area contributed by atoms with Gasteiger partial charge in [-0.15, -0.1) is 0 Å². The largest absolute Gasteiger partial charge is 0.460 e. The normalized spacial score (nSPS) is 15.7. The number of amides is 3. The monoisotopic (exact) mass is 465 g/mol. The number of anilines is 1. The van der Waals surface area contributed by atoms with E-state index in [1.165, 1.54) is 7.11 Å². The van der Waals surface area contributed by atoms with Crippen LogP contribution in [0, 0.1) is 0 Å². The molecule has 3 rings (SSSR count). The predicted octanol–water partition coefficient (Wildman–Crippen LogP) is 3.81. The molecular weight excluding hydrogens is 434 g/mol. The highest BCUT2D eigenvalue weighted by Gasteiger charge is 2.36. The lowest BCUT2D eigenvalue weighted by Gasteiger charge is -2.35. The van der Waals surface area contributed by atoms with Gasteiger partial charge in [0.15, 0.2) is 0 Å². The molecule has 0 bridgehead atoms.